The number of hydrogen-bond donors (Lipinski definition) is 2. The quantitative estimate of drug-likeness (QED) is 0.613. The molecule has 2 aromatic heterocycles. The van der Waals surface area contributed by atoms with E-state index < -0.39 is 5.97 Å². The zero-order valence-electron chi connectivity index (χ0n) is 15.4. The first kappa shape index (κ1) is 19.0. The van der Waals surface area contributed by atoms with Crippen molar-refractivity contribution in [3.8, 4) is 0 Å². The molecule has 142 valence electrons. The van der Waals surface area contributed by atoms with E-state index in [9.17, 15) is 9.59 Å². The molecule has 2 heterocycles. The number of carbonyl (C=O) groups excluding carboxylic acids is 2. The molecule has 1 amide bonds. The lowest BCUT2D eigenvalue weighted by atomic mass is 10.2. The molecule has 0 fully saturated rings. The van der Waals surface area contributed by atoms with Crippen LogP contribution >= 0.6 is 0 Å². The minimum Gasteiger partial charge on any atom is -0.462 e. The molecule has 3 aromatic rings. The Morgan fingerprint density at radius 1 is 0.964 bits per heavy atom. The van der Waals surface area contributed by atoms with Crippen LogP contribution in [0.4, 0.5) is 11.4 Å². The molecule has 0 unspecified atom stereocenters. The van der Waals surface area contributed by atoms with Gasteiger partial charge < -0.3 is 15.4 Å². The Kier molecular flexibility index (Phi) is 6.30. The third-order valence-electron chi connectivity index (χ3n) is 3.85. The highest BCUT2D eigenvalue weighted by atomic mass is 16.5. The number of carbonyl (C=O) groups is 2. The van der Waals surface area contributed by atoms with Gasteiger partial charge in [-0.05, 0) is 55.5 Å². The van der Waals surface area contributed by atoms with Crippen molar-refractivity contribution >= 4 is 23.3 Å². The number of anilines is 2. The Labute approximate surface area is 162 Å². The predicted octanol–water partition coefficient (Wildman–Crippen LogP) is 3.52. The summed E-state index contributed by atoms with van der Waals surface area (Å²) < 4.78 is 4.94. The van der Waals surface area contributed by atoms with Gasteiger partial charge >= 0.3 is 5.97 Å². The summed E-state index contributed by atoms with van der Waals surface area (Å²) in [7, 11) is 0. The zero-order valence-corrected chi connectivity index (χ0v) is 15.4. The third-order valence-corrected chi connectivity index (χ3v) is 3.85. The number of nitrogens with zero attached hydrogens (tertiary/aromatic N) is 2. The van der Waals surface area contributed by atoms with Gasteiger partial charge in [0.1, 0.15) is 5.69 Å². The maximum Gasteiger partial charge on any atom is 0.338 e. The Bertz CT molecular complexity index is 943. The van der Waals surface area contributed by atoms with Crippen LogP contribution in [0, 0.1) is 0 Å². The number of pyridine rings is 2. The van der Waals surface area contributed by atoms with E-state index in [1.807, 2.05) is 18.2 Å². The van der Waals surface area contributed by atoms with E-state index in [0.29, 0.717) is 24.4 Å². The van der Waals surface area contributed by atoms with Crippen molar-refractivity contribution in [2.75, 3.05) is 17.2 Å². The Morgan fingerprint density at radius 2 is 1.79 bits per heavy atom. The van der Waals surface area contributed by atoms with Crippen LogP contribution in [0.5, 0.6) is 0 Å². The molecule has 0 saturated carbocycles. The van der Waals surface area contributed by atoms with Crippen molar-refractivity contribution in [3.05, 3.63) is 83.9 Å². The second kappa shape index (κ2) is 9.27. The number of ether oxygens (including phenoxy) is 1. The van der Waals surface area contributed by atoms with Crippen LogP contribution in [0.2, 0.25) is 0 Å². The zero-order chi connectivity index (χ0) is 19.8. The van der Waals surface area contributed by atoms with Crippen molar-refractivity contribution in [3.63, 3.8) is 0 Å². The minimum atomic E-state index is -0.395. The fraction of sp³-hybridized carbons (Fsp3) is 0.143. The third kappa shape index (κ3) is 5.14. The maximum absolute atomic E-state index is 12.5. The number of esters is 1. The molecular weight excluding hydrogens is 356 g/mol. The van der Waals surface area contributed by atoms with Crippen molar-refractivity contribution < 1.29 is 14.3 Å². The van der Waals surface area contributed by atoms with Crippen LogP contribution in [0.1, 0.15) is 33.5 Å². The highest BCUT2D eigenvalue weighted by Gasteiger charge is 2.10. The van der Waals surface area contributed by atoms with Gasteiger partial charge in [0.05, 0.1) is 24.4 Å². The molecule has 1 aromatic carbocycles. The van der Waals surface area contributed by atoms with Gasteiger partial charge in [-0.3, -0.25) is 14.8 Å². The summed E-state index contributed by atoms with van der Waals surface area (Å²) in [5, 5.41) is 5.98. The Morgan fingerprint density at radius 3 is 2.50 bits per heavy atom. The fourth-order valence-corrected chi connectivity index (χ4v) is 2.46. The first-order valence-corrected chi connectivity index (χ1v) is 8.84. The molecule has 28 heavy (non-hydrogen) atoms. The molecule has 0 saturated heterocycles. The van der Waals surface area contributed by atoms with E-state index in [0.717, 1.165) is 11.4 Å². The molecule has 0 aliphatic heterocycles. The van der Waals surface area contributed by atoms with Crippen LogP contribution in [-0.4, -0.2) is 28.5 Å². The molecule has 7 nitrogen and oxygen atoms in total. The van der Waals surface area contributed by atoms with Crippen molar-refractivity contribution in [1.29, 1.82) is 0 Å². The number of aromatic nitrogens is 2. The first-order valence-electron chi connectivity index (χ1n) is 8.84. The summed E-state index contributed by atoms with van der Waals surface area (Å²) in [5.41, 5.74) is 2.93. The standard InChI is InChI=1S/C21H20N4O3/c1-2-28-21(27)15-6-8-16(9-7-15)25-20(26)19-13-17(10-12-23-19)24-14-18-5-3-4-11-22-18/h3-13H,2,14H2,1H3,(H,23,24)(H,25,26). The summed E-state index contributed by atoms with van der Waals surface area (Å²) in [6.45, 7) is 2.60. The summed E-state index contributed by atoms with van der Waals surface area (Å²) in [5.74, 6) is -0.737. The largest absolute Gasteiger partial charge is 0.462 e. The molecule has 0 bridgehead atoms. The highest BCUT2D eigenvalue weighted by molar-refractivity contribution is 6.03. The van der Waals surface area contributed by atoms with E-state index in [1.54, 1.807) is 55.7 Å². The Balaban J connectivity index is 1.62. The average molecular weight is 376 g/mol. The van der Waals surface area contributed by atoms with Gasteiger partial charge in [0, 0.05) is 23.8 Å². The monoisotopic (exact) mass is 376 g/mol. The molecule has 3 rings (SSSR count). The number of rotatable bonds is 7. The molecule has 0 aliphatic rings. The fourth-order valence-electron chi connectivity index (χ4n) is 2.46. The van der Waals surface area contributed by atoms with E-state index in [4.69, 9.17) is 4.74 Å². The van der Waals surface area contributed by atoms with Crippen LogP contribution in [0.3, 0.4) is 0 Å². The smallest absolute Gasteiger partial charge is 0.338 e. The van der Waals surface area contributed by atoms with Gasteiger partial charge in [0.25, 0.3) is 5.91 Å². The van der Waals surface area contributed by atoms with Gasteiger partial charge in [-0.15, -0.1) is 0 Å². The number of nitrogens with one attached hydrogen (secondary N) is 2. The molecule has 0 aliphatic carbocycles. The molecule has 7 heteroatoms. The summed E-state index contributed by atoms with van der Waals surface area (Å²) in [6.07, 6.45) is 3.30. The van der Waals surface area contributed by atoms with E-state index in [1.165, 1.54) is 0 Å². The normalized spacial score (nSPS) is 10.2. The van der Waals surface area contributed by atoms with Crippen LogP contribution in [0.25, 0.3) is 0 Å². The Hall–Kier alpha value is -3.74. The van der Waals surface area contributed by atoms with Crippen LogP contribution in [0.15, 0.2) is 67.0 Å². The number of benzene rings is 1. The van der Waals surface area contributed by atoms with Crippen LogP contribution in [-0.2, 0) is 11.3 Å². The lowest BCUT2D eigenvalue weighted by Crippen LogP contribution is -2.14. The van der Waals surface area contributed by atoms with Crippen molar-refractivity contribution in [2.24, 2.45) is 0 Å². The summed E-state index contributed by atoms with van der Waals surface area (Å²) in [6, 6.07) is 15.7. The topological polar surface area (TPSA) is 93.2 Å². The minimum absolute atomic E-state index is 0.278. The van der Waals surface area contributed by atoms with Crippen molar-refractivity contribution in [2.45, 2.75) is 13.5 Å². The lowest BCUT2D eigenvalue weighted by Gasteiger charge is -2.09. The molecule has 0 spiro atoms. The summed E-state index contributed by atoms with van der Waals surface area (Å²) >= 11 is 0. The van der Waals surface area contributed by atoms with E-state index in [2.05, 4.69) is 20.6 Å². The predicted molar refractivity (Wildman–Crippen MR) is 106 cm³/mol. The van der Waals surface area contributed by atoms with Gasteiger partial charge in [-0.25, -0.2) is 4.79 Å². The molecule has 0 radical (unpaired) electrons. The molecule has 2 N–H and O–H groups in total. The second-order valence-corrected chi connectivity index (χ2v) is 5.86. The van der Waals surface area contributed by atoms with Crippen LogP contribution < -0.4 is 10.6 Å². The van der Waals surface area contributed by atoms with Gasteiger partial charge in [0.15, 0.2) is 0 Å². The summed E-state index contributed by atoms with van der Waals surface area (Å²) in [4.78, 5) is 32.5. The van der Waals surface area contributed by atoms with Crippen molar-refractivity contribution in [1.82, 2.24) is 9.97 Å². The average Bonchev–Trinajstić information content (AvgIpc) is 2.74. The van der Waals surface area contributed by atoms with E-state index in [-0.39, 0.29) is 11.6 Å². The molecule has 0 atom stereocenters. The second-order valence-electron chi connectivity index (χ2n) is 5.86. The molecular formula is C21H20N4O3. The number of hydrogen-bond acceptors (Lipinski definition) is 6. The number of amides is 1. The first-order chi connectivity index (χ1) is 13.7. The van der Waals surface area contributed by atoms with Gasteiger partial charge in [0.2, 0.25) is 0 Å². The van der Waals surface area contributed by atoms with Gasteiger partial charge in [-0.2, -0.15) is 0 Å². The lowest BCUT2D eigenvalue weighted by molar-refractivity contribution is 0.0526. The van der Waals surface area contributed by atoms with E-state index >= 15 is 0 Å². The highest BCUT2D eigenvalue weighted by Crippen LogP contribution is 2.14. The van der Waals surface area contributed by atoms with Gasteiger partial charge in [-0.1, -0.05) is 6.07 Å². The SMILES string of the molecule is CCOC(=O)c1ccc(NC(=O)c2cc(NCc3ccccn3)ccn2)cc1. The maximum atomic E-state index is 12.5.